The molecule has 0 fully saturated rings. The molecule has 5 rings (SSSR count). The summed E-state index contributed by atoms with van der Waals surface area (Å²) in [5.74, 6) is -0.128. The molecular weight excluding hydrogens is 499 g/mol. The lowest BCUT2D eigenvalue weighted by Crippen LogP contribution is -2.30. The second kappa shape index (κ2) is 10.4. The summed E-state index contributed by atoms with van der Waals surface area (Å²) in [6.07, 6.45) is -3.61. The van der Waals surface area contributed by atoms with Gasteiger partial charge in [0, 0.05) is 24.7 Å². The summed E-state index contributed by atoms with van der Waals surface area (Å²) in [7, 11) is 0. The van der Waals surface area contributed by atoms with Crippen LogP contribution in [0.3, 0.4) is 0 Å². The lowest BCUT2D eigenvalue weighted by molar-refractivity contribution is -0.137. The van der Waals surface area contributed by atoms with Gasteiger partial charge in [-0.2, -0.15) is 13.2 Å². The Morgan fingerprint density at radius 1 is 0.892 bits per heavy atom. The minimum atomic E-state index is -4.42. The van der Waals surface area contributed by atoms with Crippen LogP contribution in [0.15, 0.2) is 91.0 Å². The van der Waals surface area contributed by atoms with Crippen molar-refractivity contribution in [3.8, 4) is 16.9 Å². The molecule has 0 N–H and O–H groups in total. The zero-order valence-corrected chi connectivity index (χ0v) is 20.5. The Morgan fingerprint density at radius 3 is 2.38 bits per heavy atom. The smallest absolute Gasteiger partial charge is 0.416 e. The van der Waals surface area contributed by atoms with Crippen LogP contribution >= 0.6 is 11.6 Å². The molecule has 0 bridgehead atoms. The van der Waals surface area contributed by atoms with Crippen LogP contribution in [0.2, 0.25) is 5.02 Å². The van der Waals surface area contributed by atoms with Crippen LogP contribution < -0.4 is 4.74 Å². The number of hydrogen-bond acceptors (Lipinski definition) is 3. The van der Waals surface area contributed by atoms with Gasteiger partial charge in [0.05, 0.1) is 11.1 Å². The first kappa shape index (κ1) is 25.1. The Hall–Kier alpha value is -3.61. The van der Waals surface area contributed by atoms with E-state index in [0.717, 1.165) is 54.3 Å². The van der Waals surface area contributed by atoms with Crippen molar-refractivity contribution in [1.29, 1.82) is 0 Å². The minimum Gasteiger partial charge on any atom is -0.423 e. The summed E-state index contributed by atoms with van der Waals surface area (Å²) in [5.41, 5.74) is 3.94. The Bertz CT molecular complexity index is 1430. The Kier molecular flexibility index (Phi) is 7.04. The average Bonchev–Trinajstić information content (AvgIpc) is 2.89. The highest BCUT2D eigenvalue weighted by molar-refractivity contribution is 6.31. The average molecular weight is 522 g/mol. The lowest BCUT2D eigenvalue weighted by atomic mass is 9.98. The van der Waals surface area contributed by atoms with Gasteiger partial charge in [0.1, 0.15) is 5.75 Å². The van der Waals surface area contributed by atoms with Gasteiger partial charge >= 0.3 is 12.1 Å². The molecule has 0 saturated heterocycles. The third-order valence-corrected chi connectivity index (χ3v) is 6.87. The molecule has 1 aliphatic heterocycles. The third-order valence-electron chi connectivity index (χ3n) is 6.50. The van der Waals surface area contributed by atoms with Gasteiger partial charge < -0.3 is 4.74 Å². The van der Waals surface area contributed by atoms with Crippen LogP contribution in [0.25, 0.3) is 11.1 Å². The van der Waals surface area contributed by atoms with E-state index in [1.54, 1.807) is 30.3 Å². The molecule has 0 spiro atoms. The van der Waals surface area contributed by atoms with Gasteiger partial charge in [-0.15, -0.1) is 0 Å². The molecule has 1 aliphatic rings. The lowest BCUT2D eigenvalue weighted by Gasteiger charge is -2.29. The summed E-state index contributed by atoms with van der Waals surface area (Å²) in [6.45, 7) is 2.38. The van der Waals surface area contributed by atoms with Crippen LogP contribution in [0.4, 0.5) is 13.2 Å². The Morgan fingerprint density at radius 2 is 1.62 bits per heavy atom. The molecule has 0 aliphatic carbocycles. The summed E-state index contributed by atoms with van der Waals surface area (Å²) >= 11 is 6.32. The van der Waals surface area contributed by atoms with Crippen LogP contribution in [0.1, 0.15) is 32.6 Å². The van der Waals surface area contributed by atoms with Crippen molar-refractivity contribution < 1.29 is 22.7 Å². The number of carbonyl (C=O) groups is 1. The van der Waals surface area contributed by atoms with Crippen molar-refractivity contribution in [1.82, 2.24) is 4.90 Å². The second-order valence-corrected chi connectivity index (χ2v) is 9.40. The first-order valence-corrected chi connectivity index (χ1v) is 12.2. The summed E-state index contributed by atoms with van der Waals surface area (Å²) in [4.78, 5) is 15.4. The number of hydrogen-bond donors (Lipinski definition) is 0. The molecule has 0 unspecified atom stereocenters. The molecule has 7 heteroatoms. The topological polar surface area (TPSA) is 29.5 Å². The third kappa shape index (κ3) is 5.71. The minimum absolute atomic E-state index is 0.283. The molecular formula is C30H23ClF3NO2. The number of esters is 1. The number of carbonyl (C=O) groups excluding carboxylic acids is 1. The Labute approximate surface area is 218 Å². The van der Waals surface area contributed by atoms with E-state index in [-0.39, 0.29) is 5.56 Å². The van der Waals surface area contributed by atoms with Crippen molar-refractivity contribution in [2.75, 3.05) is 6.54 Å². The number of alkyl halides is 3. The van der Waals surface area contributed by atoms with Crippen molar-refractivity contribution in [3.63, 3.8) is 0 Å². The molecule has 37 heavy (non-hydrogen) atoms. The van der Waals surface area contributed by atoms with Crippen molar-refractivity contribution >= 4 is 17.6 Å². The van der Waals surface area contributed by atoms with Crippen LogP contribution in [-0.4, -0.2) is 17.4 Å². The molecule has 4 aromatic rings. The molecule has 3 nitrogen and oxygen atoms in total. The van der Waals surface area contributed by atoms with Gasteiger partial charge in [0.15, 0.2) is 0 Å². The maximum Gasteiger partial charge on any atom is 0.416 e. The predicted octanol–water partition coefficient (Wildman–Crippen LogP) is 7.80. The second-order valence-electron chi connectivity index (χ2n) is 8.99. The summed E-state index contributed by atoms with van der Waals surface area (Å²) < 4.78 is 44.5. The van der Waals surface area contributed by atoms with E-state index < -0.39 is 17.7 Å². The molecule has 0 aromatic heterocycles. The molecule has 0 radical (unpaired) electrons. The van der Waals surface area contributed by atoms with Crippen LogP contribution in [0, 0.1) is 0 Å². The molecule has 0 amide bonds. The zero-order valence-electron chi connectivity index (χ0n) is 19.8. The normalized spacial score (nSPS) is 13.7. The highest BCUT2D eigenvalue weighted by Gasteiger charge is 2.30. The fourth-order valence-corrected chi connectivity index (χ4v) is 4.76. The number of benzene rings is 4. The van der Waals surface area contributed by atoms with E-state index in [1.165, 1.54) is 17.7 Å². The SMILES string of the molecule is O=C(Oc1ccc2c(c1)CCN(Cc1ccccc1Cl)C2)c1ccccc1-c1ccc(C(F)(F)F)cc1. The zero-order chi connectivity index (χ0) is 26.0. The first-order chi connectivity index (χ1) is 17.8. The van der Waals surface area contributed by atoms with Gasteiger partial charge in [-0.3, -0.25) is 4.90 Å². The predicted molar refractivity (Wildman–Crippen MR) is 138 cm³/mol. The highest BCUT2D eigenvalue weighted by Crippen LogP contribution is 2.32. The van der Waals surface area contributed by atoms with E-state index in [9.17, 15) is 18.0 Å². The fraction of sp³-hybridized carbons (Fsp3) is 0.167. The number of ether oxygens (including phenoxy) is 1. The molecule has 0 atom stereocenters. The quantitative estimate of drug-likeness (QED) is 0.198. The molecule has 4 aromatic carbocycles. The van der Waals surface area contributed by atoms with Gasteiger partial charge in [-0.1, -0.05) is 66.2 Å². The maximum absolute atomic E-state index is 13.1. The number of halogens is 4. The largest absolute Gasteiger partial charge is 0.423 e. The molecule has 0 saturated carbocycles. The Balaban J connectivity index is 1.30. The van der Waals surface area contributed by atoms with E-state index in [1.807, 2.05) is 36.4 Å². The summed E-state index contributed by atoms with van der Waals surface area (Å²) in [5, 5.41) is 0.757. The van der Waals surface area contributed by atoms with Crippen molar-refractivity contribution in [3.05, 3.63) is 124 Å². The van der Waals surface area contributed by atoms with Crippen LogP contribution in [0.5, 0.6) is 5.75 Å². The van der Waals surface area contributed by atoms with Gasteiger partial charge in [0.2, 0.25) is 0 Å². The van der Waals surface area contributed by atoms with Crippen molar-refractivity contribution in [2.45, 2.75) is 25.7 Å². The summed E-state index contributed by atoms with van der Waals surface area (Å²) in [6, 6.07) is 24.9. The van der Waals surface area contributed by atoms with E-state index >= 15 is 0 Å². The van der Waals surface area contributed by atoms with Gasteiger partial charge in [0.25, 0.3) is 0 Å². The van der Waals surface area contributed by atoms with Crippen molar-refractivity contribution in [2.24, 2.45) is 0 Å². The monoisotopic (exact) mass is 521 g/mol. The maximum atomic E-state index is 13.1. The van der Waals surface area contributed by atoms with E-state index in [2.05, 4.69) is 4.90 Å². The van der Waals surface area contributed by atoms with Crippen LogP contribution in [-0.2, 0) is 25.7 Å². The highest BCUT2D eigenvalue weighted by atomic mass is 35.5. The van der Waals surface area contributed by atoms with E-state index in [0.29, 0.717) is 16.9 Å². The standard InChI is InChI=1S/C30H23ClF3NO2/c31-28-8-4-1-5-23(28)19-35-16-15-21-17-25(14-11-22(21)18-35)37-29(36)27-7-3-2-6-26(27)20-9-12-24(13-10-20)30(32,33)34/h1-14,17H,15-16,18-19H2. The number of fused-ring (bicyclic) bond motifs is 1. The molecule has 1 heterocycles. The first-order valence-electron chi connectivity index (χ1n) is 11.8. The van der Waals surface area contributed by atoms with Gasteiger partial charge in [-0.25, -0.2) is 4.79 Å². The fourth-order valence-electron chi connectivity index (χ4n) is 4.57. The molecule has 188 valence electrons. The number of rotatable bonds is 5. The number of nitrogens with zero attached hydrogens (tertiary/aromatic N) is 1. The van der Waals surface area contributed by atoms with E-state index in [4.69, 9.17) is 16.3 Å². The van der Waals surface area contributed by atoms with Gasteiger partial charge in [-0.05, 0) is 70.6 Å².